The number of carbonyl (C=O) groups is 4. The van der Waals surface area contributed by atoms with Crippen LogP contribution in [0.2, 0.25) is 0 Å². The van der Waals surface area contributed by atoms with Crippen LogP contribution in [-0.2, 0) is 23.9 Å². The first-order chi connectivity index (χ1) is 31.3. The fourth-order valence-electron chi connectivity index (χ4n) is 7.74. The summed E-state index contributed by atoms with van der Waals surface area (Å²) in [5, 5.41) is 23.4. The lowest BCUT2D eigenvalue weighted by atomic mass is 10.1. The van der Waals surface area contributed by atoms with Crippen LogP contribution in [0.25, 0.3) is 23.4 Å². The summed E-state index contributed by atoms with van der Waals surface area (Å²) in [6.07, 6.45) is 11.1. The number of anilines is 6. The lowest BCUT2D eigenvalue weighted by Gasteiger charge is -2.20. The summed E-state index contributed by atoms with van der Waals surface area (Å²) in [6.45, 7) is 6.94. The minimum Gasteiger partial charge on any atom is -0.380 e. The van der Waals surface area contributed by atoms with Crippen molar-refractivity contribution in [1.29, 1.82) is 0 Å². The SMILES string of the molecule is O=C1C/C(=C\c2cnn3c(Nc4ccccc4)nc(N4CCCOCC4)nc23)C(=O)N1.O=C1C/C(=C\c2cnn3c(Nc4ccccc4)nc(NCCCN4CCCC4)nc23)C(=O)N1. The summed E-state index contributed by atoms with van der Waals surface area (Å²) in [6, 6.07) is 19.4. The molecule has 4 aromatic heterocycles. The van der Waals surface area contributed by atoms with E-state index in [1.807, 2.05) is 60.7 Å². The fraction of sp³-hybridized carbons (Fsp3) is 0.318. The third kappa shape index (κ3) is 9.87. The molecule has 328 valence electrons. The summed E-state index contributed by atoms with van der Waals surface area (Å²) in [7, 11) is 0. The van der Waals surface area contributed by atoms with Gasteiger partial charge in [-0.05, 0) is 81.7 Å². The smallest absolute Gasteiger partial charge is 0.254 e. The molecule has 4 aliphatic rings. The maximum absolute atomic E-state index is 12.0. The molecular weight excluding hydrogens is 819 g/mol. The van der Waals surface area contributed by atoms with Crippen LogP contribution < -0.4 is 31.5 Å². The zero-order valence-electron chi connectivity index (χ0n) is 35.0. The van der Waals surface area contributed by atoms with Gasteiger partial charge in [0.05, 0.1) is 31.8 Å². The summed E-state index contributed by atoms with van der Waals surface area (Å²) in [5.41, 5.74) is 4.90. The number of carbonyl (C=O) groups excluding carboxylic acids is 4. The molecule has 0 unspecified atom stereocenters. The standard InChI is InChI=1S/C23H26N8O2.C21H21N7O3/c32-19-14-16(21(33)27-19)13-17-15-25-31-20(17)28-22(24-9-6-12-30-10-4-5-11-30)29-23(31)26-18-7-2-1-3-8-18;29-17-12-14(19(30)24-17)11-15-13-22-28-18(15)25-20(27-7-4-9-31-10-8-27)26-21(28)23-16-5-2-1-3-6-16/h1-3,7-8,13,15H,4-6,9-12,14H2,(H,27,32,33)(H2,24,26,28,29);1-3,5-6,11,13H,4,7-10,12H2,(H,23,25,26)(H,24,29,30)/b16-13+;14-11+. The van der Waals surface area contributed by atoms with E-state index in [2.05, 4.69) is 56.5 Å². The average Bonchev–Trinajstić information content (AvgIpc) is 4.13. The third-order valence-corrected chi connectivity index (χ3v) is 10.9. The molecule has 0 bridgehead atoms. The lowest BCUT2D eigenvalue weighted by Crippen LogP contribution is -2.28. The van der Waals surface area contributed by atoms with Gasteiger partial charge in [-0.25, -0.2) is 0 Å². The van der Waals surface area contributed by atoms with E-state index in [9.17, 15) is 19.2 Å². The minimum absolute atomic E-state index is 0.0483. The second kappa shape index (κ2) is 19.2. The number of aromatic nitrogens is 8. The predicted molar refractivity (Wildman–Crippen MR) is 239 cm³/mol. The number of nitrogens with zero attached hydrogens (tertiary/aromatic N) is 10. The van der Waals surface area contributed by atoms with Crippen LogP contribution in [-0.4, -0.2) is 120 Å². The van der Waals surface area contributed by atoms with Gasteiger partial charge in [0.25, 0.3) is 11.8 Å². The zero-order chi connectivity index (χ0) is 43.8. The average molecular weight is 866 g/mol. The van der Waals surface area contributed by atoms with Crippen molar-refractivity contribution < 1.29 is 23.9 Å². The summed E-state index contributed by atoms with van der Waals surface area (Å²) < 4.78 is 8.77. The number of nitrogens with one attached hydrogen (secondary N) is 5. The van der Waals surface area contributed by atoms with Gasteiger partial charge in [0.1, 0.15) is 0 Å². The molecule has 4 aliphatic heterocycles. The van der Waals surface area contributed by atoms with Crippen molar-refractivity contribution in [3.63, 3.8) is 0 Å². The molecule has 0 spiro atoms. The number of imide groups is 2. The largest absolute Gasteiger partial charge is 0.380 e. The monoisotopic (exact) mass is 865 g/mol. The molecule has 20 nitrogen and oxygen atoms in total. The maximum atomic E-state index is 12.0. The normalized spacial score (nSPS) is 18.1. The fourth-order valence-corrected chi connectivity index (χ4v) is 7.74. The summed E-state index contributed by atoms with van der Waals surface area (Å²) >= 11 is 0. The van der Waals surface area contributed by atoms with Gasteiger partial charge in [0.15, 0.2) is 11.3 Å². The number of likely N-dealkylation sites (tertiary alicyclic amines) is 1. The van der Waals surface area contributed by atoms with E-state index in [4.69, 9.17) is 14.7 Å². The van der Waals surface area contributed by atoms with Crippen molar-refractivity contribution >= 4 is 82.2 Å². The number of ether oxygens (including phenoxy) is 1. The van der Waals surface area contributed by atoms with Gasteiger partial charge in [-0.1, -0.05) is 36.4 Å². The Kier molecular flexibility index (Phi) is 12.5. The Balaban J connectivity index is 0.000000162. The first kappa shape index (κ1) is 41.8. The molecule has 4 amide bonds. The first-order valence-electron chi connectivity index (χ1n) is 21.4. The Morgan fingerprint density at radius 3 is 1.80 bits per heavy atom. The van der Waals surface area contributed by atoms with Crippen molar-refractivity contribution in [2.45, 2.75) is 38.5 Å². The third-order valence-electron chi connectivity index (χ3n) is 10.9. The Labute approximate surface area is 367 Å². The molecule has 2 aromatic carbocycles. The van der Waals surface area contributed by atoms with E-state index >= 15 is 0 Å². The van der Waals surface area contributed by atoms with E-state index in [0.717, 1.165) is 43.9 Å². The first-order valence-corrected chi connectivity index (χ1v) is 21.4. The molecule has 10 rings (SSSR count). The minimum atomic E-state index is -0.383. The van der Waals surface area contributed by atoms with E-state index in [-0.39, 0.29) is 36.5 Å². The number of hydrogen-bond donors (Lipinski definition) is 5. The predicted octanol–water partition coefficient (Wildman–Crippen LogP) is 3.72. The van der Waals surface area contributed by atoms with Gasteiger partial charge >= 0.3 is 0 Å². The highest BCUT2D eigenvalue weighted by atomic mass is 16.5. The number of benzene rings is 2. The van der Waals surface area contributed by atoms with Crippen LogP contribution in [0.4, 0.5) is 35.2 Å². The number of fused-ring (bicyclic) bond motifs is 2. The molecule has 8 heterocycles. The Morgan fingerprint density at radius 1 is 0.641 bits per heavy atom. The molecule has 0 radical (unpaired) electrons. The Bertz CT molecular complexity index is 2740. The van der Waals surface area contributed by atoms with Crippen molar-refractivity contribution in [2.24, 2.45) is 0 Å². The van der Waals surface area contributed by atoms with Gasteiger partial charge in [0.2, 0.25) is 35.6 Å². The molecule has 4 fully saturated rings. The van der Waals surface area contributed by atoms with E-state index in [1.54, 1.807) is 33.6 Å². The van der Waals surface area contributed by atoms with Crippen molar-refractivity contribution in [3.8, 4) is 0 Å². The number of rotatable bonds is 12. The molecule has 64 heavy (non-hydrogen) atoms. The van der Waals surface area contributed by atoms with Crippen LogP contribution >= 0.6 is 0 Å². The van der Waals surface area contributed by atoms with E-state index in [1.165, 1.54) is 25.9 Å². The zero-order valence-corrected chi connectivity index (χ0v) is 35.0. The topological polar surface area (TPSA) is 230 Å². The lowest BCUT2D eigenvalue weighted by molar-refractivity contribution is -0.125. The second-order valence-electron chi connectivity index (χ2n) is 15.6. The highest BCUT2D eigenvalue weighted by Crippen LogP contribution is 2.26. The molecule has 5 N–H and O–H groups in total. The highest BCUT2D eigenvalue weighted by molar-refractivity contribution is 6.16. The molecule has 0 saturated carbocycles. The van der Waals surface area contributed by atoms with Crippen LogP contribution in [0.5, 0.6) is 0 Å². The van der Waals surface area contributed by atoms with Crippen LogP contribution in [0.3, 0.4) is 0 Å². The van der Waals surface area contributed by atoms with Gasteiger partial charge in [-0.15, -0.1) is 0 Å². The maximum Gasteiger partial charge on any atom is 0.254 e. The van der Waals surface area contributed by atoms with E-state index < -0.39 is 0 Å². The van der Waals surface area contributed by atoms with Crippen LogP contribution in [0.15, 0.2) is 84.2 Å². The quantitative estimate of drug-likeness (QED) is 0.0671. The van der Waals surface area contributed by atoms with Crippen LogP contribution in [0, 0.1) is 0 Å². The Morgan fingerprint density at radius 2 is 1.22 bits per heavy atom. The van der Waals surface area contributed by atoms with Crippen molar-refractivity contribution in [3.05, 3.63) is 95.3 Å². The van der Waals surface area contributed by atoms with Gasteiger partial charge in [-0.2, -0.15) is 39.2 Å². The summed E-state index contributed by atoms with van der Waals surface area (Å²) in [5.74, 6) is 0.682. The summed E-state index contributed by atoms with van der Waals surface area (Å²) in [4.78, 5) is 70.5. The number of para-hydroxylation sites is 2. The molecule has 0 atom stereocenters. The molecule has 6 aromatic rings. The van der Waals surface area contributed by atoms with Crippen molar-refractivity contribution in [2.75, 3.05) is 73.3 Å². The molecule has 4 saturated heterocycles. The highest BCUT2D eigenvalue weighted by Gasteiger charge is 2.26. The molecule has 0 aliphatic carbocycles. The second-order valence-corrected chi connectivity index (χ2v) is 15.6. The Hall–Kier alpha value is -7.58. The number of amides is 4. The van der Waals surface area contributed by atoms with Gasteiger partial charge in [0, 0.05) is 59.9 Å². The van der Waals surface area contributed by atoms with Gasteiger partial charge in [-0.3, -0.25) is 29.8 Å². The van der Waals surface area contributed by atoms with Crippen LogP contribution in [0.1, 0.15) is 49.7 Å². The molecule has 20 heteroatoms. The van der Waals surface area contributed by atoms with Gasteiger partial charge < -0.3 is 30.5 Å². The molecular formula is C44H47N15O5. The van der Waals surface area contributed by atoms with Crippen molar-refractivity contribution in [1.82, 2.24) is 54.7 Å². The number of hydrogen-bond acceptors (Lipinski definition) is 16. The van der Waals surface area contributed by atoms with E-state index in [0.29, 0.717) is 77.1 Å².